The van der Waals surface area contributed by atoms with Gasteiger partial charge in [0, 0.05) is 0 Å². The molecule has 0 aliphatic carbocycles. The van der Waals surface area contributed by atoms with Crippen LogP contribution in [0.5, 0.6) is 0 Å². The molecule has 1 atom stereocenters. The Hall–Kier alpha value is -1.12. The van der Waals surface area contributed by atoms with Gasteiger partial charge in [-0.2, -0.15) is 0 Å². The van der Waals surface area contributed by atoms with Gasteiger partial charge >= 0.3 is 11.9 Å². The fourth-order valence-corrected chi connectivity index (χ4v) is 1.13. The number of rotatable bonds is 2. The van der Waals surface area contributed by atoms with Gasteiger partial charge in [-0.05, 0) is 13.3 Å². The van der Waals surface area contributed by atoms with Crippen molar-refractivity contribution in [2.75, 3.05) is 0 Å². The number of cyclic esters (lactones) is 2. The van der Waals surface area contributed by atoms with Gasteiger partial charge in [0.15, 0.2) is 0 Å². The second kappa shape index (κ2) is 2.49. The van der Waals surface area contributed by atoms with Crippen LogP contribution in [0, 0.1) is 5.41 Å². The van der Waals surface area contributed by atoms with Gasteiger partial charge in [0.25, 0.3) is 0 Å². The van der Waals surface area contributed by atoms with E-state index in [0.29, 0.717) is 6.42 Å². The lowest BCUT2D eigenvalue weighted by atomic mass is 9.85. The van der Waals surface area contributed by atoms with E-state index < -0.39 is 17.4 Å². The van der Waals surface area contributed by atoms with Crippen molar-refractivity contribution < 1.29 is 14.3 Å². The lowest BCUT2D eigenvalue weighted by Crippen LogP contribution is -2.20. The average Bonchev–Trinajstić information content (AvgIpc) is 2.08. The molecule has 0 bridgehead atoms. The van der Waals surface area contributed by atoms with Crippen molar-refractivity contribution in [2.24, 2.45) is 5.41 Å². The molecular formula is C8H10O3. The van der Waals surface area contributed by atoms with E-state index in [0.717, 1.165) is 0 Å². The highest BCUT2D eigenvalue weighted by Crippen LogP contribution is 2.33. The van der Waals surface area contributed by atoms with Crippen molar-refractivity contribution in [1.82, 2.24) is 0 Å². The number of allylic oxidation sites excluding steroid dienone is 1. The standard InChI is InChI=1S/C8H10O3/c1-3-4-8(2)5-6(9)11-7(8)10/h3H,1,4-5H2,2H3. The molecule has 1 fully saturated rings. The van der Waals surface area contributed by atoms with Gasteiger partial charge in [0.05, 0.1) is 11.8 Å². The van der Waals surface area contributed by atoms with Crippen LogP contribution in [-0.2, 0) is 14.3 Å². The zero-order chi connectivity index (χ0) is 8.48. The second-order valence-corrected chi connectivity index (χ2v) is 2.99. The summed E-state index contributed by atoms with van der Waals surface area (Å²) < 4.78 is 4.40. The van der Waals surface area contributed by atoms with Crippen molar-refractivity contribution >= 4 is 11.9 Å². The minimum atomic E-state index is -0.654. The fourth-order valence-electron chi connectivity index (χ4n) is 1.13. The van der Waals surface area contributed by atoms with E-state index in [1.165, 1.54) is 0 Å². The molecule has 0 N–H and O–H groups in total. The molecule has 1 aliphatic rings. The van der Waals surface area contributed by atoms with Gasteiger partial charge in [-0.15, -0.1) is 6.58 Å². The first-order valence-electron chi connectivity index (χ1n) is 3.44. The predicted octanol–water partition coefficient (Wildman–Crippen LogP) is 1.04. The van der Waals surface area contributed by atoms with Crippen LogP contribution in [0.25, 0.3) is 0 Å². The van der Waals surface area contributed by atoms with Gasteiger partial charge in [-0.3, -0.25) is 9.59 Å². The first kappa shape index (κ1) is 7.98. The van der Waals surface area contributed by atoms with Crippen molar-refractivity contribution in [3.63, 3.8) is 0 Å². The highest BCUT2D eigenvalue weighted by atomic mass is 16.6. The van der Waals surface area contributed by atoms with E-state index in [1.54, 1.807) is 13.0 Å². The molecule has 0 saturated carbocycles. The first-order valence-corrected chi connectivity index (χ1v) is 3.44. The molecule has 0 radical (unpaired) electrons. The Bertz CT molecular complexity index is 219. The van der Waals surface area contributed by atoms with Crippen LogP contribution in [-0.4, -0.2) is 11.9 Å². The number of hydrogen-bond acceptors (Lipinski definition) is 3. The number of esters is 2. The van der Waals surface area contributed by atoms with Crippen molar-refractivity contribution in [3.05, 3.63) is 12.7 Å². The molecule has 1 aliphatic heterocycles. The SMILES string of the molecule is C=CCC1(C)CC(=O)OC1=O. The summed E-state index contributed by atoms with van der Waals surface area (Å²) in [5.41, 5.74) is -0.654. The maximum atomic E-state index is 11.0. The lowest BCUT2D eigenvalue weighted by Gasteiger charge is -2.13. The Morgan fingerprint density at radius 2 is 2.36 bits per heavy atom. The molecule has 1 saturated heterocycles. The van der Waals surface area contributed by atoms with E-state index >= 15 is 0 Å². The molecule has 1 unspecified atom stereocenters. The topological polar surface area (TPSA) is 43.4 Å². The summed E-state index contributed by atoms with van der Waals surface area (Å²) >= 11 is 0. The average molecular weight is 154 g/mol. The van der Waals surface area contributed by atoms with Crippen molar-refractivity contribution in [1.29, 1.82) is 0 Å². The highest BCUT2D eigenvalue weighted by molar-refractivity contribution is 5.97. The Kier molecular flexibility index (Phi) is 1.81. The summed E-state index contributed by atoms with van der Waals surface area (Å²) in [6, 6.07) is 0. The Labute approximate surface area is 65.0 Å². The minimum Gasteiger partial charge on any atom is -0.393 e. The molecule has 0 spiro atoms. The van der Waals surface area contributed by atoms with Gasteiger partial charge in [-0.1, -0.05) is 6.08 Å². The maximum Gasteiger partial charge on any atom is 0.320 e. The normalized spacial score (nSPS) is 30.3. The third kappa shape index (κ3) is 1.31. The number of carbonyl (C=O) groups is 2. The largest absolute Gasteiger partial charge is 0.393 e. The van der Waals surface area contributed by atoms with Gasteiger partial charge in [-0.25, -0.2) is 0 Å². The van der Waals surface area contributed by atoms with E-state index in [2.05, 4.69) is 11.3 Å². The molecule has 0 aromatic heterocycles. The van der Waals surface area contributed by atoms with Gasteiger partial charge < -0.3 is 4.74 Å². The van der Waals surface area contributed by atoms with Gasteiger partial charge in [0.2, 0.25) is 0 Å². The summed E-state index contributed by atoms with van der Waals surface area (Å²) in [5, 5.41) is 0. The predicted molar refractivity (Wildman–Crippen MR) is 38.6 cm³/mol. The Balaban J connectivity index is 2.78. The molecule has 3 heteroatoms. The first-order chi connectivity index (χ1) is 5.08. The molecule has 3 nitrogen and oxygen atoms in total. The van der Waals surface area contributed by atoms with Crippen LogP contribution in [0.1, 0.15) is 19.8 Å². The quantitative estimate of drug-likeness (QED) is 0.339. The summed E-state index contributed by atoms with van der Waals surface area (Å²) in [4.78, 5) is 21.7. The number of hydrogen-bond donors (Lipinski definition) is 0. The summed E-state index contributed by atoms with van der Waals surface area (Å²) in [7, 11) is 0. The molecule has 0 aromatic rings. The minimum absolute atomic E-state index is 0.178. The summed E-state index contributed by atoms with van der Waals surface area (Å²) in [6.07, 6.45) is 2.30. The Morgan fingerprint density at radius 1 is 1.73 bits per heavy atom. The van der Waals surface area contributed by atoms with E-state index in [4.69, 9.17) is 0 Å². The maximum absolute atomic E-state index is 11.0. The number of carbonyl (C=O) groups excluding carboxylic acids is 2. The third-order valence-electron chi connectivity index (χ3n) is 1.83. The summed E-state index contributed by atoms with van der Waals surface area (Å²) in [5.74, 6) is -0.859. The smallest absolute Gasteiger partial charge is 0.320 e. The van der Waals surface area contributed by atoms with Crippen molar-refractivity contribution in [2.45, 2.75) is 19.8 Å². The molecule has 1 heterocycles. The summed E-state index contributed by atoms with van der Waals surface area (Å²) in [6.45, 7) is 5.22. The van der Waals surface area contributed by atoms with Crippen LogP contribution in [0.15, 0.2) is 12.7 Å². The van der Waals surface area contributed by atoms with Crippen molar-refractivity contribution in [3.8, 4) is 0 Å². The van der Waals surface area contributed by atoms with Crippen LogP contribution in [0.4, 0.5) is 0 Å². The Morgan fingerprint density at radius 3 is 2.73 bits per heavy atom. The lowest BCUT2D eigenvalue weighted by molar-refractivity contribution is -0.154. The van der Waals surface area contributed by atoms with E-state index in [9.17, 15) is 9.59 Å². The molecule has 1 rings (SSSR count). The van der Waals surface area contributed by atoms with Crippen LogP contribution < -0.4 is 0 Å². The van der Waals surface area contributed by atoms with Crippen LogP contribution in [0.2, 0.25) is 0 Å². The fraction of sp³-hybridized carbons (Fsp3) is 0.500. The molecular weight excluding hydrogens is 144 g/mol. The van der Waals surface area contributed by atoms with E-state index in [1.807, 2.05) is 0 Å². The monoisotopic (exact) mass is 154 g/mol. The van der Waals surface area contributed by atoms with E-state index in [-0.39, 0.29) is 6.42 Å². The molecule has 11 heavy (non-hydrogen) atoms. The number of ether oxygens (including phenoxy) is 1. The molecule has 0 amide bonds. The van der Waals surface area contributed by atoms with Crippen LogP contribution >= 0.6 is 0 Å². The zero-order valence-corrected chi connectivity index (χ0v) is 6.42. The van der Waals surface area contributed by atoms with Gasteiger partial charge in [0.1, 0.15) is 0 Å². The van der Waals surface area contributed by atoms with Crippen LogP contribution in [0.3, 0.4) is 0 Å². The molecule has 0 aromatic carbocycles. The highest BCUT2D eigenvalue weighted by Gasteiger charge is 2.43. The zero-order valence-electron chi connectivity index (χ0n) is 6.42. The third-order valence-corrected chi connectivity index (χ3v) is 1.83. The second-order valence-electron chi connectivity index (χ2n) is 2.99. The molecule has 60 valence electrons.